The molecule has 0 bridgehead atoms. The van der Waals surface area contributed by atoms with Crippen LogP contribution in [0.2, 0.25) is 0 Å². The molecule has 1 amide bonds. The number of sulfonamides is 1. The van der Waals surface area contributed by atoms with Crippen molar-refractivity contribution in [3.05, 3.63) is 11.4 Å². The monoisotopic (exact) mass is 346 g/mol. The van der Waals surface area contributed by atoms with Gasteiger partial charge in [-0.1, -0.05) is 0 Å². The zero-order valence-corrected chi connectivity index (χ0v) is 14.6. The quantitative estimate of drug-likeness (QED) is 0.695. The molecule has 1 aromatic rings. The van der Waals surface area contributed by atoms with E-state index in [4.69, 9.17) is 5.11 Å². The van der Waals surface area contributed by atoms with E-state index in [-0.39, 0.29) is 11.4 Å². The molecule has 0 aliphatic rings. The fourth-order valence-electron chi connectivity index (χ4n) is 2.27. The minimum atomic E-state index is -3.94. The fourth-order valence-corrected chi connectivity index (χ4v) is 3.90. The molecule has 130 valence electrons. The lowest BCUT2D eigenvalue weighted by atomic mass is 10.3. The number of hydrogen-bond donors (Lipinski definition) is 2. The second kappa shape index (κ2) is 7.09. The van der Waals surface area contributed by atoms with E-state index in [9.17, 15) is 18.0 Å². The molecule has 2 N–H and O–H groups in total. The fraction of sp³-hybridized carbons (Fsp3) is 0.615. The molecule has 10 heteroatoms. The first-order valence-corrected chi connectivity index (χ1v) is 8.52. The highest BCUT2D eigenvalue weighted by Gasteiger charge is 2.29. The lowest BCUT2D eigenvalue weighted by molar-refractivity contribution is -0.144. The minimum Gasteiger partial charge on any atom is -0.480 e. The van der Waals surface area contributed by atoms with Crippen LogP contribution in [0.15, 0.2) is 4.90 Å². The first kappa shape index (κ1) is 19.1. The Kier molecular flexibility index (Phi) is 5.89. The van der Waals surface area contributed by atoms with Gasteiger partial charge in [-0.25, -0.2) is 8.42 Å². The summed E-state index contributed by atoms with van der Waals surface area (Å²) in [4.78, 5) is 24.1. The first-order chi connectivity index (χ1) is 10.5. The highest BCUT2D eigenvalue weighted by molar-refractivity contribution is 7.89. The van der Waals surface area contributed by atoms with Crippen molar-refractivity contribution in [2.75, 3.05) is 13.1 Å². The van der Waals surface area contributed by atoms with E-state index in [1.807, 2.05) is 0 Å². The molecule has 1 atom stereocenters. The van der Waals surface area contributed by atoms with Crippen LogP contribution in [-0.4, -0.2) is 59.2 Å². The van der Waals surface area contributed by atoms with Gasteiger partial charge in [-0.15, -0.1) is 0 Å². The lowest BCUT2D eigenvalue weighted by Crippen LogP contribution is -2.48. The second-order valence-electron chi connectivity index (χ2n) is 5.21. The lowest BCUT2D eigenvalue weighted by Gasteiger charge is -2.23. The van der Waals surface area contributed by atoms with Gasteiger partial charge in [-0.2, -0.15) is 9.82 Å². The molecule has 1 rings (SSSR count). The van der Waals surface area contributed by atoms with Crippen molar-refractivity contribution in [3.8, 4) is 0 Å². The molecule has 9 nitrogen and oxygen atoms in total. The smallest absolute Gasteiger partial charge is 0.323 e. The summed E-state index contributed by atoms with van der Waals surface area (Å²) in [5.41, 5.74) is 0.780. The summed E-state index contributed by atoms with van der Waals surface area (Å²) in [6, 6.07) is -1.08. The highest BCUT2D eigenvalue weighted by Crippen LogP contribution is 2.18. The predicted octanol–water partition coefficient (Wildman–Crippen LogP) is -0.363. The van der Waals surface area contributed by atoms with Gasteiger partial charge in [-0.05, 0) is 27.7 Å². The number of carbonyl (C=O) groups excluding carboxylic acids is 1. The number of aliphatic carboxylic acids is 1. The number of rotatable bonds is 7. The maximum absolute atomic E-state index is 12.5. The summed E-state index contributed by atoms with van der Waals surface area (Å²) < 4.78 is 28.7. The van der Waals surface area contributed by atoms with Crippen LogP contribution in [0, 0.1) is 13.8 Å². The SMILES string of the molecule is CCN(CC(=O)O)C(=O)C(C)NS(=O)(=O)c1c(C)nn(C)c1C. The van der Waals surface area contributed by atoms with Gasteiger partial charge in [0.15, 0.2) is 0 Å². The summed E-state index contributed by atoms with van der Waals surface area (Å²) >= 11 is 0. The van der Waals surface area contributed by atoms with Crippen LogP contribution in [0.3, 0.4) is 0 Å². The number of hydrogen-bond acceptors (Lipinski definition) is 5. The Bertz CT molecular complexity index is 710. The maximum Gasteiger partial charge on any atom is 0.323 e. The Hall–Kier alpha value is -1.94. The summed E-state index contributed by atoms with van der Waals surface area (Å²) in [5, 5.41) is 12.8. The van der Waals surface area contributed by atoms with Crippen molar-refractivity contribution >= 4 is 21.9 Å². The number of nitrogens with one attached hydrogen (secondary N) is 1. The third-order valence-corrected chi connectivity index (χ3v) is 5.23. The van der Waals surface area contributed by atoms with Crippen molar-refractivity contribution in [1.82, 2.24) is 19.4 Å². The average Bonchev–Trinajstić information content (AvgIpc) is 2.68. The molecule has 0 aliphatic heterocycles. The van der Waals surface area contributed by atoms with Crippen LogP contribution in [0.25, 0.3) is 0 Å². The third-order valence-electron chi connectivity index (χ3n) is 3.43. The Morgan fingerprint density at radius 1 is 1.39 bits per heavy atom. The number of carboxylic acid groups (broad SMARTS) is 1. The molecule has 1 heterocycles. The summed E-state index contributed by atoms with van der Waals surface area (Å²) in [6.07, 6.45) is 0. The van der Waals surface area contributed by atoms with Gasteiger partial charge in [0.2, 0.25) is 15.9 Å². The van der Waals surface area contributed by atoms with Crippen LogP contribution >= 0.6 is 0 Å². The molecule has 0 spiro atoms. The molecule has 1 unspecified atom stereocenters. The van der Waals surface area contributed by atoms with Gasteiger partial charge in [0, 0.05) is 13.6 Å². The molecule has 23 heavy (non-hydrogen) atoms. The van der Waals surface area contributed by atoms with Crippen LogP contribution in [-0.2, 0) is 26.7 Å². The van der Waals surface area contributed by atoms with Crippen molar-refractivity contribution < 1.29 is 23.1 Å². The normalized spacial score (nSPS) is 12.9. The second-order valence-corrected chi connectivity index (χ2v) is 6.86. The third kappa shape index (κ3) is 4.29. The molecular weight excluding hydrogens is 324 g/mol. The van der Waals surface area contributed by atoms with Crippen LogP contribution in [0.4, 0.5) is 0 Å². The molecule has 0 aromatic carbocycles. The maximum atomic E-state index is 12.5. The molecule has 0 saturated carbocycles. The molecule has 0 fully saturated rings. The topological polar surface area (TPSA) is 122 Å². The standard InChI is InChI=1S/C13H22N4O5S/c1-6-17(7-11(18)19)13(20)9(3)15-23(21,22)12-8(2)14-16(5)10(12)4/h9,15H,6-7H2,1-5H3,(H,18,19). The summed E-state index contributed by atoms with van der Waals surface area (Å²) in [6.45, 7) is 5.87. The number of aryl methyl sites for hydroxylation is 2. The zero-order chi connectivity index (χ0) is 17.9. The van der Waals surface area contributed by atoms with Gasteiger partial charge in [0.25, 0.3) is 0 Å². The number of amides is 1. The van der Waals surface area contributed by atoms with Gasteiger partial charge < -0.3 is 10.0 Å². The van der Waals surface area contributed by atoms with Gasteiger partial charge in [-0.3, -0.25) is 14.3 Å². The highest BCUT2D eigenvalue weighted by atomic mass is 32.2. The first-order valence-electron chi connectivity index (χ1n) is 7.04. The molecular formula is C13H22N4O5S. The molecule has 0 saturated heterocycles. The zero-order valence-electron chi connectivity index (χ0n) is 13.8. The summed E-state index contributed by atoms with van der Waals surface area (Å²) in [5.74, 6) is -1.76. The van der Waals surface area contributed by atoms with Gasteiger partial charge in [0.05, 0.1) is 17.4 Å². The van der Waals surface area contributed by atoms with E-state index >= 15 is 0 Å². The van der Waals surface area contributed by atoms with Crippen LogP contribution in [0.5, 0.6) is 0 Å². The van der Waals surface area contributed by atoms with Crippen molar-refractivity contribution in [2.24, 2.45) is 7.05 Å². The Morgan fingerprint density at radius 2 is 1.96 bits per heavy atom. The van der Waals surface area contributed by atoms with Crippen molar-refractivity contribution in [2.45, 2.75) is 38.6 Å². The number of likely N-dealkylation sites (N-methyl/N-ethyl adjacent to an activating group) is 1. The minimum absolute atomic E-state index is 0.0286. The Labute approximate surface area is 135 Å². The predicted molar refractivity (Wildman–Crippen MR) is 82.4 cm³/mol. The molecule has 1 aromatic heterocycles. The van der Waals surface area contributed by atoms with Crippen LogP contribution < -0.4 is 4.72 Å². The Balaban J connectivity index is 3.00. The van der Waals surface area contributed by atoms with E-state index in [1.54, 1.807) is 27.8 Å². The van der Waals surface area contributed by atoms with Gasteiger partial charge >= 0.3 is 5.97 Å². The van der Waals surface area contributed by atoms with Crippen LogP contribution in [0.1, 0.15) is 25.2 Å². The number of aromatic nitrogens is 2. The van der Waals surface area contributed by atoms with Gasteiger partial charge in [0.1, 0.15) is 11.4 Å². The number of nitrogens with zero attached hydrogens (tertiary/aromatic N) is 3. The number of carbonyl (C=O) groups is 2. The molecule has 0 aliphatic carbocycles. The van der Waals surface area contributed by atoms with E-state index in [0.717, 1.165) is 4.90 Å². The summed E-state index contributed by atoms with van der Waals surface area (Å²) in [7, 11) is -2.32. The van der Waals surface area contributed by atoms with Crippen molar-refractivity contribution in [3.63, 3.8) is 0 Å². The molecule has 0 radical (unpaired) electrons. The van der Waals surface area contributed by atoms with Crippen molar-refractivity contribution in [1.29, 1.82) is 0 Å². The average molecular weight is 346 g/mol. The largest absolute Gasteiger partial charge is 0.480 e. The Morgan fingerprint density at radius 3 is 2.35 bits per heavy atom. The van der Waals surface area contributed by atoms with E-state index in [2.05, 4.69) is 9.82 Å². The van der Waals surface area contributed by atoms with E-state index in [1.165, 1.54) is 11.6 Å². The number of carboxylic acids is 1. The van der Waals surface area contributed by atoms with E-state index < -0.39 is 34.5 Å². The van der Waals surface area contributed by atoms with E-state index in [0.29, 0.717) is 11.4 Å².